The van der Waals surface area contributed by atoms with Crippen LogP contribution in [-0.2, 0) is 0 Å². The Morgan fingerprint density at radius 3 is 2.49 bits per heavy atom. The van der Waals surface area contributed by atoms with Crippen molar-refractivity contribution in [1.82, 2.24) is 4.98 Å². The van der Waals surface area contributed by atoms with Crippen molar-refractivity contribution in [2.24, 2.45) is 4.99 Å². The van der Waals surface area contributed by atoms with Gasteiger partial charge in [-0.2, -0.15) is 0 Å². The van der Waals surface area contributed by atoms with Crippen LogP contribution in [0.25, 0.3) is 22.7 Å². The minimum Gasteiger partial charge on any atom is -0.506 e. The topological polar surface area (TPSA) is 58.6 Å². The molecule has 1 heterocycles. The summed E-state index contributed by atoms with van der Waals surface area (Å²) in [4.78, 5) is 8.95. The number of para-hydroxylation sites is 2. The average molecular weight is 461 g/mol. The van der Waals surface area contributed by atoms with Crippen LogP contribution in [0, 0.1) is 6.92 Å². The quantitative estimate of drug-likeness (QED) is 0.223. The van der Waals surface area contributed by atoms with Gasteiger partial charge in [0.25, 0.3) is 0 Å². The highest BCUT2D eigenvalue weighted by Gasteiger charge is 2.06. The number of aromatic nitrogens is 1. The average Bonchev–Trinajstić information content (AvgIpc) is 3.29. The summed E-state index contributed by atoms with van der Waals surface area (Å²) in [5, 5.41) is 9.84. The van der Waals surface area contributed by atoms with Crippen molar-refractivity contribution in [3.05, 3.63) is 125 Å². The van der Waals surface area contributed by atoms with E-state index in [1.165, 1.54) is 0 Å². The van der Waals surface area contributed by atoms with Gasteiger partial charge >= 0.3 is 0 Å². The standard InChI is InChI=1S/C31H28N2O2/c1-4-7-24(12-11-23(3)31-33-28-19-10-22(2)20-30(28)35-31)13-14-25-15-17-26(18-16-25)21-32-27-8-5-6-9-29(27)34/h4-21,34H,1-3H3/b7-4-,14-13+,23-11+,24-12+,32-21?. The summed E-state index contributed by atoms with van der Waals surface area (Å²) in [5.41, 5.74) is 7.43. The SMILES string of the molecule is C\C=C/C(/C=C/c1ccc(C=Nc2ccccc2O)cc1)=C\C=C(/C)c1nc2ccc(C)cc2o1. The van der Waals surface area contributed by atoms with Gasteiger partial charge in [0.05, 0.1) is 0 Å². The normalized spacial score (nSPS) is 13.1. The Morgan fingerprint density at radius 2 is 1.71 bits per heavy atom. The van der Waals surface area contributed by atoms with Gasteiger partial charge in [0, 0.05) is 11.8 Å². The van der Waals surface area contributed by atoms with Crippen molar-refractivity contribution in [2.75, 3.05) is 0 Å². The van der Waals surface area contributed by atoms with E-state index in [0.717, 1.165) is 38.9 Å². The zero-order chi connectivity index (χ0) is 24.6. The summed E-state index contributed by atoms with van der Waals surface area (Å²) in [7, 11) is 0. The van der Waals surface area contributed by atoms with Crippen LogP contribution >= 0.6 is 0 Å². The zero-order valence-electron chi connectivity index (χ0n) is 20.1. The molecule has 174 valence electrons. The number of phenols is 1. The van der Waals surface area contributed by atoms with Crippen molar-refractivity contribution in [2.45, 2.75) is 20.8 Å². The second kappa shape index (κ2) is 11.1. The molecule has 1 N–H and O–H groups in total. The van der Waals surface area contributed by atoms with Gasteiger partial charge in [0.15, 0.2) is 5.58 Å². The van der Waals surface area contributed by atoms with Crippen LogP contribution in [0.5, 0.6) is 5.75 Å². The second-order valence-electron chi connectivity index (χ2n) is 8.25. The highest BCUT2D eigenvalue weighted by molar-refractivity contribution is 5.83. The van der Waals surface area contributed by atoms with Gasteiger partial charge < -0.3 is 9.52 Å². The molecule has 0 saturated heterocycles. The molecule has 3 aromatic carbocycles. The molecule has 0 aliphatic rings. The number of rotatable bonds is 7. The third-order valence-corrected chi connectivity index (χ3v) is 5.41. The van der Waals surface area contributed by atoms with Crippen molar-refractivity contribution in [3.8, 4) is 5.75 Å². The largest absolute Gasteiger partial charge is 0.506 e. The predicted octanol–water partition coefficient (Wildman–Crippen LogP) is 8.21. The summed E-state index contributed by atoms with van der Waals surface area (Å²) >= 11 is 0. The van der Waals surface area contributed by atoms with Crippen LogP contribution < -0.4 is 0 Å². The van der Waals surface area contributed by atoms with E-state index < -0.39 is 0 Å². The Labute approximate surface area is 206 Å². The van der Waals surface area contributed by atoms with Crippen LogP contribution in [0.2, 0.25) is 0 Å². The van der Waals surface area contributed by atoms with Crippen LogP contribution in [0.4, 0.5) is 5.69 Å². The van der Waals surface area contributed by atoms with Gasteiger partial charge in [-0.1, -0.05) is 78.9 Å². The fraction of sp³-hybridized carbons (Fsp3) is 0.0968. The van der Waals surface area contributed by atoms with Gasteiger partial charge in [-0.25, -0.2) is 4.98 Å². The van der Waals surface area contributed by atoms with Crippen LogP contribution in [-0.4, -0.2) is 16.3 Å². The van der Waals surface area contributed by atoms with E-state index in [4.69, 9.17) is 4.42 Å². The van der Waals surface area contributed by atoms with E-state index in [-0.39, 0.29) is 5.75 Å². The first kappa shape index (κ1) is 23.7. The Morgan fingerprint density at radius 1 is 0.943 bits per heavy atom. The fourth-order valence-corrected chi connectivity index (χ4v) is 3.46. The number of aryl methyl sites for hydroxylation is 1. The van der Waals surface area contributed by atoms with Gasteiger partial charge in [-0.05, 0) is 67.3 Å². The first-order valence-corrected chi connectivity index (χ1v) is 11.5. The number of phenolic OH excluding ortho intramolecular Hbond substituents is 1. The number of hydrogen-bond acceptors (Lipinski definition) is 4. The molecule has 0 atom stereocenters. The molecule has 0 aliphatic heterocycles. The Hall–Kier alpha value is -4.44. The Kier molecular flexibility index (Phi) is 7.53. The zero-order valence-corrected chi connectivity index (χ0v) is 20.1. The van der Waals surface area contributed by atoms with Gasteiger partial charge in [-0.3, -0.25) is 4.99 Å². The van der Waals surface area contributed by atoms with E-state index in [1.54, 1.807) is 24.4 Å². The number of benzene rings is 3. The first-order chi connectivity index (χ1) is 17.0. The molecule has 0 aliphatic carbocycles. The monoisotopic (exact) mass is 460 g/mol. The number of nitrogens with zero attached hydrogens (tertiary/aromatic N) is 2. The molecule has 0 saturated carbocycles. The number of fused-ring (bicyclic) bond motifs is 1. The molecule has 0 spiro atoms. The summed E-state index contributed by atoms with van der Waals surface area (Å²) in [6, 6.07) is 21.1. The predicted molar refractivity (Wildman–Crippen MR) is 146 cm³/mol. The number of aromatic hydroxyl groups is 1. The minimum absolute atomic E-state index is 0.169. The first-order valence-electron chi connectivity index (χ1n) is 11.5. The molecule has 4 rings (SSSR count). The van der Waals surface area contributed by atoms with Crippen molar-refractivity contribution in [3.63, 3.8) is 0 Å². The molecule has 4 heteroatoms. The lowest BCUT2D eigenvalue weighted by molar-refractivity contribution is 0.477. The molecular weight excluding hydrogens is 432 g/mol. The molecule has 0 fully saturated rings. The summed E-state index contributed by atoms with van der Waals surface area (Å²) in [6.07, 6.45) is 14.0. The molecule has 4 nitrogen and oxygen atoms in total. The van der Waals surface area contributed by atoms with Gasteiger partial charge in [0.2, 0.25) is 5.89 Å². The van der Waals surface area contributed by atoms with Crippen LogP contribution in [0.15, 0.2) is 112 Å². The fourth-order valence-electron chi connectivity index (χ4n) is 3.46. The molecule has 0 radical (unpaired) electrons. The second-order valence-corrected chi connectivity index (χ2v) is 8.25. The number of aliphatic imine (C=N–C) groups is 1. The van der Waals surface area contributed by atoms with Gasteiger partial charge in [0.1, 0.15) is 17.0 Å². The highest BCUT2D eigenvalue weighted by atomic mass is 16.3. The Balaban J connectivity index is 1.47. The lowest BCUT2D eigenvalue weighted by Crippen LogP contribution is -1.81. The molecule has 0 unspecified atom stereocenters. The highest BCUT2D eigenvalue weighted by Crippen LogP contribution is 2.25. The maximum absolute atomic E-state index is 9.84. The third-order valence-electron chi connectivity index (χ3n) is 5.41. The number of hydrogen-bond donors (Lipinski definition) is 1. The van der Waals surface area contributed by atoms with Gasteiger partial charge in [-0.15, -0.1) is 0 Å². The van der Waals surface area contributed by atoms with Crippen molar-refractivity contribution < 1.29 is 9.52 Å². The molecule has 1 aromatic heterocycles. The molecular formula is C31H28N2O2. The number of allylic oxidation sites excluding steroid dienone is 7. The minimum atomic E-state index is 0.169. The van der Waals surface area contributed by atoms with E-state index in [9.17, 15) is 5.11 Å². The van der Waals surface area contributed by atoms with Crippen LogP contribution in [0.1, 0.15) is 36.4 Å². The van der Waals surface area contributed by atoms with E-state index >= 15 is 0 Å². The third kappa shape index (κ3) is 6.33. The van der Waals surface area contributed by atoms with E-state index in [1.807, 2.05) is 81.5 Å². The van der Waals surface area contributed by atoms with Crippen molar-refractivity contribution >= 4 is 34.7 Å². The smallest absolute Gasteiger partial charge is 0.222 e. The maximum atomic E-state index is 9.84. The number of oxazole rings is 1. The molecule has 35 heavy (non-hydrogen) atoms. The summed E-state index contributed by atoms with van der Waals surface area (Å²) in [5.74, 6) is 0.800. The maximum Gasteiger partial charge on any atom is 0.222 e. The molecule has 0 amide bonds. The summed E-state index contributed by atoms with van der Waals surface area (Å²) in [6.45, 7) is 6.04. The lowest BCUT2D eigenvalue weighted by Gasteiger charge is -1.99. The van der Waals surface area contributed by atoms with Crippen molar-refractivity contribution in [1.29, 1.82) is 0 Å². The lowest BCUT2D eigenvalue weighted by atomic mass is 10.1. The van der Waals surface area contributed by atoms with E-state index in [0.29, 0.717) is 11.6 Å². The molecule has 0 bridgehead atoms. The molecule has 4 aromatic rings. The Bertz CT molecular complexity index is 1470. The summed E-state index contributed by atoms with van der Waals surface area (Å²) < 4.78 is 5.93. The van der Waals surface area contributed by atoms with Crippen LogP contribution in [0.3, 0.4) is 0 Å². The van der Waals surface area contributed by atoms with E-state index in [2.05, 4.69) is 34.3 Å².